The van der Waals surface area contributed by atoms with Crippen LogP contribution in [0, 0.1) is 25.5 Å². The molecule has 1 atom stereocenters. The molecule has 1 aromatic carbocycles. The van der Waals surface area contributed by atoms with Crippen LogP contribution < -0.4 is 5.32 Å². The number of aryl methyl sites for hydroxylation is 2. The summed E-state index contributed by atoms with van der Waals surface area (Å²) in [5, 5.41) is 3.20. The van der Waals surface area contributed by atoms with Crippen molar-refractivity contribution in [1.82, 2.24) is 5.32 Å². The molecule has 0 bridgehead atoms. The topological polar surface area (TPSA) is 25.2 Å². The molecule has 0 spiro atoms. The van der Waals surface area contributed by atoms with Gasteiger partial charge in [0.15, 0.2) is 0 Å². The molecule has 0 amide bonds. The molecule has 0 radical (unpaired) electrons. The van der Waals surface area contributed by atoms with Crippen LogP contribution in [0.15, 0.2) is 27.1 Å². The van der Waals surface area contributed by atoms with E-state index in [1.807, 2.05) is 19.9 Å². The second-order valence-electron chi connectivity index (χ2n) is 5.01. The quantitative estimate of drug-likeness (QED) is 0.759. The minimum atomic E-state index is -0.582. The van der Waals surface area contributed by atoms with E-state index in [9.17, 15) is 8.78 Å². The molecule has 21 heavy (non-hydrogen) atoms. The third-order valence-corrected chi connectivity index (χ3v) is 3.97. The minimum Gasteiger partial charge on any atom is -0.466 e. The van der Waals surface area contributed by atoms with Gasteiger partial charge in [-0.15, -0.1) is 0 Å². The molecule has 1 unspecified atom stereocenters. The molecule has 2 nitrogen and oxygen atoms in total. The molecule has 0 aliphatic carbocycles. The highest BCUT2D eigenvalue weighted by atomic mass is 79.9. The van der Waals surface area contributed by atoms with Gasteiger partial charge in [0.1, 0.15) is 23.2 Å². The van der Waals surface area contributed by atoms with E-state index >= 15 is 0 Å². The Morgan fingerprint density at radius 1 is 1.29 bits per heavy atom. The predicted octanol–water partition coefficient (Wildman–Crippen LogP) is 5.03. The van der Waals surface area contributed by atoms with E-state index in [0.29, 0.717) is 12.3 Å². The first kappa shape index (κ1) is 16.2. The van der Waals surface area contributed by atoms with Gasteiger partial charge < -0.3 is 9.73 Å². The molecule has 0 aliphatic heterocycles. The van der Waals surface area contributed by atoms with Crippen LogP contribution >= 0.6 is 15.9 Å². The van der Waals surface area contributed by atoms with E-state index in [4.69, 9.17) is 4.42 Å². The Morgan fingerprint density at radius 3 is 2.57 bits per heavy atom. The number of nitrogens with one attached hydrogen (secondary N) is 1. The summed E-state index contributed by atoms with van der Waals surface area (Å²) in [7, 11) is 0. The Hall–Kier alpha value is -1.20. The highest BCUT2D eigenvalue weighted by Gasteiger charge is 2.26. The van der Waals surface area contributed by atoms with Crippen molar-refractivity contribution in [2.45, 2.75) is 33.2 Å². The van der Waals surface area contributed by atoms with Gasteiger partial charge >= 0.3 is 0 Å². The van der Waals surface area contributed by atoms with E-state index in [2.05, 4.69) is 21.2 Å². The third kappa shape index (κ3) is 3.35. The lowest BCUT2D eigenvalue weighted by molar-refractivity contribution is 0.478. The van der Waals surface area contributed by atoms with Gasteiger partial charge in [-0.1, -0.05) is 6.92 Å². The van der Waals surface area contributed by atoms with Crippen molar-refractivity contribution in [3.8, 4) is 0 Å². The SMILES string of the molecule is CCCNC(c1cc(C)oc1C)c1c(F)ccc(Br)c1F. The average Bonchev–Trinajstić information content (AvgIpc) is 2.77. The lowest BCUT2D eigenvalue weighted by Crippen LogP contribution is -2.25. The fourth-order valence-electron chi connectivity index (χ4n) is 2.40. The summed E-state index contributed by atoms with van der Waals surface area (Å²) in [6.07, 6.45) is 0.865. The molecule has 0 saturated carbocycles. The van der Waals surface area contributed by atoms with Crippen LogP contribution in [0.3, 0.4) is 0 Å². The summed E-state index contributed by atoms with van der Waals surface area (Å²) in [6.45, 7) is 6.28. The molecule has 114 valence electrons. The maximum Gasteiger partial charge on any atom is 0.145 e. The zero-order chi connectivity index (χ0) is 15.6. The van der Waals surface area contributed by atoms with Gasteiger partial charge in [0.2, 0.25) is 0 Å². The highest BCUT2D eigenvalue weighted by molar-refractivity contribution is 9.10. The fraction of sp³-hybridized carbons (Fsp3) is 0.375. The first-order chi connectivity index (χ1) is 9.95. The molecule has 5 heteroatoms. The zero-order valence-electron chi connectivity index (χ0n) is 12.3. The van der Waals surface area contributed by atoms with Crippen LogP contribution in [-0.4, -0.2) is 6.54 Å². The lowest BCUT2D eigenvalue weighted by Gasteiger charge is -2.20. The molecule has 0 saturated heterocycles. The Bertz CT molecular complexity index is 639. The number of halogens is 3. The van der Waals surface area contributed by atoms with Gasteiger partial charge in [0, 0.05) is 11.1 Å². The van der Waals surface area contributed by atoms with Crippen LogP contribution in [0.25, 0.3) is 0 Å². The molecular weight excluding hydrogens is 340 g/mol. The average molecular weight is 358 g/mol. The van der Waals surface area contributed by atoms with E-state index in [1.54, 1.807) is 6.92 Å². The number of furan rings is 1. The van der Waals surface area contributed by atoms with Crippen molar-refractivity contribution in [3.63, 3.8) is 0 Å². The second kappa shape index (κ2) is 6.71. The fourth-order valence-corrected chi connectivity index (χ4v) is 2.75. The van der Waals surface area contributed by atoms with Gasteiger partial charge in [-0.2, -0.15) is 0 Å². The summed E-state index contributed by atoms with van der Waals surface area (Å²) < 4.78 is 34.4. The summed E-state index contributed by atoms with van der Waals surface area (Å²) in [5.74, 6) is 0.242. The van der Waals surface area contributed by atoms with Crippen LogP contribution in [0.2, 0.25) is 0 Å². The first-order valence-corrected chi connectivity index (χ1v) is 7.68. The number of benzene rings is 1. The van der Waals surface area contributed by atoms with Gasteiger partial charge in [-0.05, 0) is 60.9 Å². The van der Waals surface area contributed by atoms with Crippen molar-refractivity contribution < 1.29 is 13.2 Å². The number of hydrogen-bond acceptors (Lipinski definition) is 2. The van der Waals surface area contributed by atoms with Gasteiger partial charge in [0.05, 0.1) is 10.5 Å². The summed E-state index contributed by atoms with van der Waals surface area (Å²) in [4.78, 5) is 0. The zero-order valence-corrected chi connectivity index (χ0v) is 13.9. The smallest absolute Gasteiger partial charge is 0.145 e. The molecular formula is C16H18BrF2NO. The van der Waals surface area contributed by atoms with Crippen molar-refractivity contribution in [2.75, 3.05) is 6.54 Å². The van der Waals surface area contributed by atoms with E-state index in [1.165, 1.54) is 12.1 Å². The Kier molecular flexibility index (Phi) is 5.17. The third-order valence-electron chi connectivity index (χ3n) is 3.36. The summed E-state index contributed by atoms with van der Waals surface area (Å²) in [5.41, 5.74) is 0.776. The number of rotatable bonds is 5. The molecule has 2 aromatic rings. The second-order valence-corrected chi connectivity index (χ2v) is 5.87. The molecule has 1 N–H and O–H groups in total. The first-order valence-electron chi connectivity index (χ1n) is 6.89. The summed E-state index contributed by atoms with van der Waals surface area (Å²) >= 11 is 3.12. The van der Waals surface area contributed by atoms with E-state index < -0.39 is 17.7 Å². The number of hydrogen-bond donors (Lipinski definition) is 1. The van der Waals surface area contributed by atoms with Crippen LogP contribution in [-0.2, 0) is 0 Å². The van der Waals surface area contributed by atoms with Crippen LogP contribution in [0.1, 0.15) is 42.0 Å². The van der Waals surface area contributed by atoms with E-state index in [0.717, 1.165) is 17.7 Å². The van der Waals surface area contributed by atoms with Crippen molar-refractivity contribution in [2.24, 2.45) is 0 Å². The minimum absolute atomic E-state index is 0.0155. The van der Waals surface area contributed by atoms with Gasteiger partial charge in [-0.3, -0.25) is 0 Å². The van der Waals surface area contributed by atoms with Gasteiger partial charge in [0.25, 0.3) is 0 Å². The van der Waals surface area contributed by atoms with Crippen molar-refractivity contribution >= 4 is 15.9 Å². The van der Waals surface area contributed by atoms with Crippen molar-refractivity contribution in [3.05, 3.63) is 57.0 Å². The monoisotopic (exact) mass is 357 g/mol. The summed E-state index contributed by atoms with van der Waals surface area (Å²) in [6, 6.07) is 3.90. The Labute approximate surface area is 131 Å². The Balaban J connectivity index is 2.56. The molecule has 2 rings (SSSR count). The van der Waals surface area contributed by atoms with Crippen molar-refractivity contribution in [1.29, 1.82) is 0 Å². The molecule has 0 fully saturated rings. The predicted molar refractivity (Wildman–Crippen MR) is 82.4 cm³/mol. The maximum atomic E-state index is 14.4. The normalized spacial score (nSPS) is 12.7. The van der Waals surface area contributed by atoms with Crippen LogP contribution in [0.5, 0.6) is 0 Å². The Morgan fingerprint density at radius 2 is 2.00 bits per heavy atom. The van der Waals surface area contributed by atoms with Crippen LogP contribution in [0.4, 0.5) is 8.78 Å². The van der Waals surface area contributed by atoms with Gasteiger partial charge in [-0.25, -0.2) is 8.78 Å². The highest BCUT2D eigenvalue weighted by Crippen LogP contribution is 2.33. The molecule has 1 aromatic heterocycles. The maximum absolute atomic E-state index is 14.4. The standard InChI is InChI=1S/C16H18BrF2NO/c1-4-7-20-16(11-8-9(2)21-10(11)3)14-13(18)6-5-12(17)15(14)19/h5-6,8,16,20H,4,7H2,1-3H3. The molecule has 1 heterocycles. The lowest BCUT2D eigenvalue weighted by atomic mass is 9.97. The largest absolute Gasteiger partial charge is 0.466 e. The van der Waals surface area contributed by atoms with E-state index in [-0.39, 0.29) is 10.0 Å². The molecule has 0 aliphatic rings.